The van der Waals surface area contributed by atoms with Crippen molar-refractivity contribution in [1.29, 1.82) is 0 Å². The second kappa shape index (κ2) is 12.0. The van der Waals surface area contributed by atoms with Crippen molar-refractivity contribution >= 4 is 37.8 Å². The van der Waals surface area contributed by atoms with Crippen LogP contribution in [0.15, 0.2) is 52.6 Å². The molecule has 14 heteroatoms. The van der Waals surface area contributed by atoms with Gasteiger partial charge in [0.1, 0.15) is 22.8 Å². The van der Waals surface area contributed by atoms with Crippen molar-refractivity contribution in [1.82, 2.24) is 13.9 Å². The van der Waals surface area contributed by atoms with Gasteiger partial charge in [-0.25, -0.2) is 22.2 Å². The van der Waals surface area contributed by atoms with Crippen molar-refractivity contribution in [2.24, 2.45) is 0 Å². The van der Waals surface area contributed by atoms with Crippen molar-refractivity contribution in [2.45, 2.75) is 29.7 Å². The summed E-state index contributed by atoms with van der Waals surface area (Å²) >= 11 is 0. The first-order valence-electron chi connectivity index (χ1n) is 11.1. The molecule has 11 nitrogen and oxygen atoms in total. The topological polar surface area (TPSA) is 147 Å². The Kier molecular flexibility index (Phi) is 9.44. The molecule has 0 saturated heterocycles. The molecule has 4 rings (SSSR count). The third kappa shape index (κ3) is 5.68. The van der Waals surface area contributed by atoms with Crippen LogP contribution < -0.4 is 43.8 Å². The molecule has 0 bridgehead atoms. The number of aryl methyl sites for hydroxylation is 1. The molecule has 1 N–H and O–H groups in total. The Balaban J connectivity index is 0.00000280. The number of carboxylic acid groups (broad SMARTS) is 1. The van der Waals surface area contributed by atoms with E-state index in [1.54, 1.807) is 25.3 Å². The maximum Gasteiger partial charge on any atom is 1.00 e. The first-order chi connectivity index (χ1) is 18.0. The van der Waals surface area contributed by atoms with Gasteiger partial charge in [0.05, 0.1) is 59.5 Å². The molecular formula is C25H26N3NaO8S2. The minimum absolute atomic E-state index is 0. The van der Waals surface area contributed by atoms with E-state index in [4.69, 9.17) is 14.2 Å². The number of ether oxygens (including phenoxy) is 3. The van der Waals surface area contributed by atoms with Crippen LogP contribution >= 0.6 is 0 Å². The second-order valence-electron chi connectivity index (χ2n) is 8.22. The zero-order valence-corrected chi connectivity index (χ0v) is 25.8. The van der Waals surface area contributed by atoms with Gasteiger partial charge in [-0.2, -0.15) is 0 Å². The molecule has 0 aliphatic heterocycles. The van der Waals surface area contributed by atoms with Crippen molar-refractivity contribution in [3.63, 3.8) is 0 Å². The Morgan fingerprint density at radius 1 is 1.08 bits per heavy atom. The molecule has 0 fully saturated rings. The number of hydrogen-bond donors (Lipinski definition) is 1. The van der Waals surface area contributed by atoms with E-state index < -0.39 is 26.8 Å². The average Bonchev–Trinajstić information content (AvgIpc) is 3.29. The maximum atomic E-state index is 14.0. The number of aromatic nitrogens is 3. The van der Waals surface area contributed by atoms with E-state index in [1.807, 2.05) is 6.92 Å². The minimum atomic E-state index is -4.48. The Morgan fingerprint density at radius 3 is 2.41 bits per heavy atom. The van der Waals surface area contributed by atoms with Crippen LogP contribution in [0.25, 0.3) is 11.0 Å². The fourth-order valence-electron chi connectivity index (χ4n) is 4.04. The van der Waals surface area contributed by atoms with Gasteiger partial charge in [-0.1, -0.05) is 0 Å². The van der Waals surface area contributed by atoms with Crippen LogP contribution in [0, 0.1) is 13.8 Å². The first kappa shape index (κ1) is 30.6. The molecule has 4 aromatic rings. The summed E-state index contributed by atoms with van der Waals surface area (Å²) in [7, 11) is -2.23. The summed E-state index contributed by atoms with van der Waals surface area (Å²) in [6.45, 7) is 3.61. The number of nitrogens with zero attached hydrogens (tertiary/aromatic N) is 3. The molecule has 0 radical (unpaired) electrons. The average molecular weight is 584 g/mol. The van der Waals surface area contributed by atoms with Crippen molar-refractivity contribution in [3.05, 3.63) is 65.0 Å². The van der Waals surface area contributed by atoms with Gasteiger partial charge >= 0.3 is 35.5 Å². The van der Waals surface area contributed by atoms with Crippen LogP contribution in [0.1, 0.15) is 28.6 Å². The van der Waals surface area contributed by atoms with E-state index >= 15 is 0 Å². The largest absolute Gasteiger partial charge is 1.00 e. The first-order valence-corrected chi connectivity index (χ1v) is 13.9. The number of imidazole rings is 1. The predicted molar refractivity (Wildman–Crippen MR) is 140 cm³/mol. The summed E-state index contributed by atoms with van der Waals surface area (Å²) in [5, 5.41) is 9.33. The fourth-order valence-corrected chi connectivity index (χ4v) is 7.10. The van der Waals surface area contributed by atoms with E-state index in [1.165, 1.54) is 39.5 Å². The molecular weight excluding hydrogens is 557 g/mol. The molecule has 1 unspecified atom stereocenters. The molecule has 0 aliphatic carbocycles. The summed E-state index contributed by atoms with van der Waals surface area (Å²) in [4.78, 5) is 20.2. The minimum Gasteiger partial charge on any atom is -1.00 e. The third-order valence-corrected chi connectivity index (χ3v) is 8.98. The van der Waals surface area contributed by atoms with Crippen LogP contribution in [0.4, 0.5) is 0 Å². The summed E-state index contributed by atoms with van der Waals surface area (Å²) in [5.74, 6) is -0.561. The zero-order chi connectivity index (χ0) is 27.8. The number of rotatable bonds is 9. The van der Waals surface area contributed by atoms with E-state index in [9.17, 15) is 22.5 Å². The number of hydrogen-bond acceptors (Lipinski definition) is 9. The third-order valence-electron chi connectivity index (χ3n) is 5.95. The second-order valence-corrected chi connectivity index (χ2v) is 11.4. The SMILES string of the molecule is COc1ccc2nc(S(=O)Cc3ncc(C)c(OC)c3C)n(S(=O)(=O)c3ccc(OC)c(C(=O)O)c3)c2c1.[H-].[Na+]. The summed E-state index contributed by atoms with van der Waals surface area (Å²) < 4.78 is 58.2. The number of carboxylic acids is 1. The van der Waals surface area contributed by atoms with Crippen molar-refractivity contribution in [3.8, 4) is 17.2 Å². The van der Waals surface area contributed by atoms with Gasteiger partial charge in [-0.3, -0.25) is 9.19 Å². The van der Waals surface area contributed by atoms with Gasteiger partial charge in [0.15, 0.2) is 0 Å². The maximum absolute atomic E-state index is 14.0. The van der Waals surface area contributed by atoms with E-state index in [-0.39, 0.29) is 69.1 Å². The molecule has 2 heterocycles. The Morgan fingerprint density at radius 2 is 1.79 bits per heavy atom. The van der Waals surface area contributed by atoms with Gasteiger partial charge in [0.25, 0.3) is 10.0 Å². The van der Waals surface area contributed by atoms with E-state index in [0.717, 1.165) is 15.6 Å². The van der Waals surface area contributed by atoms with Crippen molar-refractivity contribution in [2.75, 3.05) is 21.3 Å². The summed E-state index contributed by atoms with van der Waals surface area (Å²) in [6.07, 6.45) is 1.59. The van der Waals surface area contributed by atoms with Crippen LogP contribution in [0.2, 0.25) is 0 Å². The molecule has 39 heavy (non-hydrogen) atoms. The number of benzene rings is 2. The number of methoxy groups -OCH3 is 3. The molecule has 0 saturated carbocycles. The van der Waals surface area contributed by atoms with Crippen LogP contribution in [0.5, 0.6) is 17.2 Å². The quantitative estimate of drug-likeness (QED) is 0.275. The molecule has 202 valence electrons. The number of carbonyl (C=O) groups is 1. The van der Waals surface area contributed by atoms with Crippen LogP contribution in [-0.4, -0.2) is 59.0 Å². The molecule has 0 aliphatic rings. The normalized spacial score (nSPS) is 12.0. The monoisotopic (exact) mass is 583 g/mol. The Labute approximate surface area is 251 Å². The van der Waals surface area contributed by atoms with Crippen molar-refractivity contribution < 1.29 is 67.7 Å². The van der Waals surface area contributed by atoms with Gasteiger partial charge in [-0.15, -0.1) is 0 Å². The van der Waals surface area contributed by atoms with Gasteiger partial charge in [0, 0.05) is 23.4 Å². The molecule has 0 amide bonds. The Bertz CT molecular complexity index is 1710. The zero-order valence-electron chi connectivity index (χ0n) is 23.2. The van der Waals surface area contributed by atoms with Gasteiger partial charge in [-0.05, 0) is 44.2 Å². The summed E-state index contributed by atoms with van der Waals surface area (Å²) in [6, 6.07) is 8.07. The molecule has 1 atom stereocenters. The summed E-state index contributed by atoms with van der Waals surface area (Å²) in [5.41, 5.74) is 1.97. The number of pyridine rings is 1. The smallest absolute Gasteiger partial charge is 1.00 e. The van der Waals surface area contributed by atoms with Gasteiger partial charge < -0.3 is 20.7 Å². The molecule has 0 spiro atoms. The Hall–Kier alpha value is -2.97. The predicted octanol–water partition coefficient (Wildman–Crippen LogP) is 0.433. The number of aromatic carboxylic acids is 1. The molecule has 2 aromatic heterocycles. The van der Waals surface area contributed by atoms with E-state index in [0.29, 0.717) is 22.8 Å². The van der Waals surface area contributed by atoms with Crippen LogP contribution in [0.3, 0.4) is 0 Å². The number of fused-ring (bicyclic) bond motifs is 1. The van der Waals surface area contributed by atoms with Crippen LogP contribution in [-0.2, 0) is 26.6 Å². The molecule has 2 aromatic carbocycles. The van der Waals surface area contributed by atoms with Gasteiger partial charge in [0.2, 0.25) is 5.16 Å². The standard InChI is InChI=1S/C25H25N3O8S2.Na.H/c1-14-12-26-20(15(2)23(14)36-5)13-37(31)25-27-19-8-6-16(34-3)10-21(19)28(25)38(32,33)17-7-9-22(35-4)18(11-17)24(29)30;;/h6-12H,13H2,1-5H3,(H,29,30);;/q;+1;-1. The van der Waals surface area contributed by atoms with E-state index in [2.05, 4.69) is 9.97 Å². The fraction of sp³-hybridized carbons (Fsp3) is 0.240.